The van der Waals surface area contributed by atoms with Crippen LogP contribution in [-0.4, -0.2) is 26.9 Å². The van der Waals surface area contributed by atoms with Gasteiger partial charge in [0, 0.05) is 17.2 Å². The van der Waals surface area contributed by atoms with Crippen LogP contribution in [0.5, 0.6) is 17.2 Å². The number of amides is 1. The molecule has 1 amide bonds. The van der Waals surface area contributed by atoms with Crippen molar-refractivity contribution in [1.29, 1.82) is 0 Å². The molecule has 6 nitrogen and oxygen atoms in total. The fourth-order valence-electron chi connectivity index (χ4n) is 1.70. The molecule has 2 aromatic rings. The predicted molar refractivity (Wildman–Crippen MR) is 77.6 cm³/mol. The summed E-state index contributed by atoms with van der Waals surface area (Å²) in [5.74, 6) is -0.555. The normalized spacial score (nSPS) is 11.2. The summed E-state index contributed by atoms with van der Waals surface area (Å²) in [4.78, 5) is 11.8. The van der Waals surface area contributed by atoms with Gasteiger partial charge in [-0.15, -0.1) is 0 Å². The fourth-order valence-corrected chi connectivity index (χ4v) is 1.70. The number of aromatic hydroxyl groups is 3. The van der Waals surface area contributed by atoms with Crippen LogP contribution in [0.2, 0.25) is 0 Å². The summed E-state index contributed by atoms with van der Waals surface area (Å²) in [5.41, 5.74) is 3.49. The summed E-state index contributed by atoms with van der Waals surface area (Å²) in [7, 11) is 0. The number of benzene rings is 2. The van der Waals surface area contributed by atoms with Crippen molar-refractivity contribution >= 4 is 11.6 Å². The van der Waals surface area contributed by atoms with Gasteiger partial charge in [0.15, 0.2) is 0 Å². The molecule has 0 spiro atoms. The Morgan fingerprint density at radius 3 is 2.24 bits per heavy atom. The van der Waals surface area contributed by atoms with Gasteiger partial charge in [-0.1, -0.05) is 0 Å². The van der Waals surface area contributed by atoms with E-state index in [4.69, 9.17) is 5.11 Å². The lowest BCUT2D eigenvalue weighted by Gasteiger charge is -2.05. The second-order valence-corrected chi connectivity index (χ2v) is 4.39. The van der Waals surface area contributed by atoms with Gasteiger partial charge in [0.1, 0.15) is 17.2 Å². The Kier molecular flexibility index (Phi) is 4.08. The van der Waals surface area contributed by atoms with Crippen molar-refractivity contribution in [1.82, 2.24) is 5.43 Å². The van der Waals surface area contributed by atoms with Gasteiger partial charge in [-0.25, -0.2) is 5.43 Å². The Hall–Kier alpha value is -3.02. The number of rotatable bonds is 3. The van der Waals surface area contributed by atoms with Gasteiger partial charge in [-0.2, -0.15) is 5.10 Å². The standard InChI is InChI=1S/C15H14N2O4/c1-9(13-7-6-12(19)8-14(13)20)16-17-15(21)10-2-4-11(18)5-3-10/h2-8,18-20H,1H3,(H,17,21). The van der Waals surface area contributed by atoms with Crippen LogP contribution in [-0.2, 0) is 0 Å². The van der Waals surface area contributed by atoms with E-state index in [1.165, 1.54) is 42.5 Å². The number of phenols is 3. The van der Waals surface area contributed by atoms with Crippen LogP contribution in [0.3, 0.4) is 0 Å². The van der Waals surface area contributed by atoms with Crippen molar-refractivity contribution in [3.8, 4) is 17.2 Å². The molecular formula is C15H14N2O4. The molecule has 0 atom stereocenters. The molecule has 0 unspecified atom stereocenters. The van der Waals surface area contributed by atoms with Gasteiger partial charge in [-0.05, 0) is 43.3 Å². The van der Waals surface area contributed by atoms with Crippen LogP contribution >= 0.6 is 0 Å². The van der Waals surface area contributed by atoms with Crippen LogP contribution < -0.4 is 5.43 Å². The first-order valence-corrected chi connectivity index (χ1v) is 6.13. The van der Waals surface area contributed by atoms with E-state index in [0.29, 0.717) is 16.8 Å². The van der Waals surface area contributed by atoms with E-state index in [9.17, 15) is 15.0 Å². The van der Waals surface area contributed by atoms with Gasteiger partial charge in [-0.3, -0.25) is 4.79 Å². The van der Waals surface area contributed by atoms with Crippen LogP contribution in [0.15, 0.2) is 47.6 Å². The summed E-state index contributed by atoms with van der Waals surface area (Å²) in [5, 5.41) is 32.0. The fraction of sp³-hybridized carbons (Fsp3) is 0.0667. The molecule has 108 valence electrons. The summed E-state index contributed by atoms with van der Waals surface area (Å²) in [6, 6.07) is 9.83. The van der Waals surface area contributed by atoms with E-state index in [-0.39, 0.29) is 17.2 Å². The smallest absolute Gasteiger partial charge is 0.271 e. The Bertz CT molecular complexity index is 693. The summed E-state index contributed by atoms with van der Waals surface area (Å²) in [6.07, 6.45) is 0. The van der Waals surface area contributed by atoms with Crippen molar-refractivity contribution in [3.05, 3.63) is 53.6 Å². The second-order valence-electron chi connectivity index (χ2n) is 4.39. The Balaban J connectivity index is 2.12. The summed E-state index contributed by atoms with van der Waals surface area (Å²) < 4.78 is 0. The van der Waals surface area contributed by atoms with Crippen LogP contribution in [0.4, 0.5) is 0 Å². The molecule has 0 saturated heterocycles. The minimum absolute atomic E-state index is 0.0582. The maximum absolute atomic E-state index is 11.8. The first kappa shape index (κ1) is 14.4. The summed E-state index contributed by atoms with van der Waals surface area (Å²) in [6.45, 7) is 1.61. The van der Waals surface area contributed by atoms with Gasteiger partial charge in [0.25, 0.3) is 5.91 Å². The third-order valence-corrected chi connectivity index (χ3v) is 2.83. The molecule has 0 aromatic heterocycles. The van der Waals surface area contributed by atoms with Gasteiger partial charge in [0.05, 0.1) is 5.71 Å². The lowest BCUT2D eigenvalue weighted by Crippen LogP contribution is -2.19. The predicted octanol–water partition coefficient (Wildman–Crippen LogP) is 1.96. The van der Waals surface area contributed by atoms with Crippen LogP contribution in [0, 0.1) is 0 Å². The topological polar surface area (TPSA) is 102 Å². The van der Waals surface area contributed by atoms with Gasteiger partial charge >= 0.3 is 0 Å². The third-order valence-electron chi connectivity index (χ3n) is 2.83. The number of carbonyl (C=O) groups excluding carboxylic acids is 1. The minimum Gasteiger partial charge on any atom is -0.508 e. The van der Waals surface area contributed by atoms with Gasteiger partial charge in [0.2, 0.25) is 0 Å². The molecule has 0 saturated carbocycles. The molecule has 0 bridgehead atoms. The average molecular weight is 286 g/mol. The zero-order valence-electron chi connectivity index (χ0n) is 11.2. The molecule has 2 rings (SSSR count). The molecule has 2 aromatic carbocycles. The first-order valence-electron chi connectivity index (χ1n) is 6.13. The maximum Gasteiger partial charge on any atom is 0.271 e. The largest absolute Gasteiger partial charge is 0.508 e. The highest BCUT2D eigenvalue weighted by atomic mass is 16.3. The van der Waals surface area contributed by atoms with E-state index in [1.54, 1.807) is 6.92 Å². The number of nitrogens with one attached hydrogen (secondary N) is 1. The Morgan fingerprint density at radius 1 is 1.00 bits per heavy atom. The first-order chi connectivity index (χ1) is 9.97. The monoisotopic (exact) mass is 286 g/mol. The average Bonchev–Trinajstić information content (AvgIpc) is 2.45. The quantitative estimate of drug-likeness (QED) is 0.511. The minimum atomic E-state index is -0.437. The molecule has 6 heteroatoms. The molecular weight excluding hydrogens is 272 g/mol. The van der Waals surface area contributed by atoms with E-state index in [2.05, 4.69) is 10.5 Å². The number of hydrogen-bond acceptors (Lipinski definition) is 5. The van der Waals surface area contributed by atoms with E-state index in [1.807, 2.05) is 0 Å². The van der Waals surface area contributed by atoms with Gasteiger partial charge < -0.3 is 15.3 Å². The van der Waals surface area contributed by atoms with Crippen molar-refractivity contribution in [2.45, 2.75) is 6.92 Å². The van der Waals surface area contributed by atoms with Crippen molar-refractivity contribution in [2.24, 2.45) is 5.10 Å². The molecule has 0 heterocycles. The zero-order valence-corrected chi connectivity index (χ0v) is 11.2. The number of nitrogens with zero attached hydrogens (tertiary/aromatic N) is 1. The molecule has 0 aliphatic carbocycles. The summed E-state index contributed by atoms with van der Waals surface area (Å²) >= 11 is 0. The van der Waals surface area contributed by atoms with Crippen molar-refractivity contribution in [3.63, 3.8) is 0 Å². The van der Waals surface area contributed by atoms with Crippen LogP contribution in [0.25, 0.3) is 0 Å². The number of hydrazone groups is 1. The number of carbonyl (C=O) groups is 1. The highest BCUT2D eigenvalue weighted by Crippen LogP contribution is 2.23. The number of hydrogen-bond donors (Lipinski definition) is 4. The third kappa shape index (κ3) is 3.50. The van der Waals surface area contributed by atoms with E-state index >= 15 is 0 Å². The number of phenolic OH excluding ortho intramolecular Hbond substituents is 3. The highest BCUT2D eigenvalue weighted by molar-refractivity contribution is 6.02. The molecule has 0 aliphatic heterocycles. The second kappa shape index (κ2) is 5.96. The highest BCUT2D eigenvalue weighted by Gasteiger charge is 2.08. The van der Waals surface area contributed by atoms with Crippen molar-refractivity contribution in [2.75, 3.05) is 0 Å². The SMILES string of the molecule is CC(=NNC(=O)c1ccc(O)cc1)c1ccc(O)cc1O. The lowest BCUT2D eigenvalue weighted by molar-refractivity contribution is 0.0955. The maximum atomic E-state index is 11.8. The molecule has 0 radical (unpaired) electrons. The Morgan fingerprint density at radius 2 is 1.62 bits per heavy atom. The molecule has 21 heavy (non-hydrogen) atoms. The Labute approximate surface area is 121 Å². The lowest BCUT2D eigenvalue weighted by atomic mass is 10.1. The van der Waals surface area contributed by atoms with Crippen LogP contribution in [0.1, 0.15) is 22.8 Å². The van der Waals surface area contributed by atoms with E-state index < -0.39 is 5.91 Å². The zero-order chi connectivity index (χ0) is 15.4. The van der Waals surface area contributed by atoms with E-state index in [0.717, 1.165) is 0 Å². The molecule has 0 fully saturated rings. The molecule has 0 aliphatic rings. The molecule has 4 N–H and O–H groups in total. The van der Waals surface area contributed by atoms with Crippen molar-refractivity contribution < 1.29 is 20.1 Å².